The van der Waals surface area contributed by atoms with E-state index in [1.165, 1.54) is 36.8 Å². The van der Waals surface area contributed by atoms with Gasteiger partial charge in [-0.2, -0.15) is 0 Å². The average molecular weight is 224 g/mol. The molecule has 15 heavy (non-hydrogen) atoms. The molecule has 0 bridgehead atoms. The second-order valence-electron chi connectivity index (χ2n) is 3.99. The van der Waals surface area contributed by atoms with E-state index in [0.717, 1.165) is 23.3 Å². The number of rotatable bonds is 1. The minimum atomic E-state index is -0.160. The Morgan fingerprint density at radius 2 is 2.00 bits per heavy atom. The summed E-state index contributed by atoms with van der Waals surface area (Å²) in [5.41, 5.74) is 2.11. The van der Waals surface area contributed by atoms with Crippen LogP contribution in [-0.4, -0.2) is 13.1 Å². The maximum absolute atomic E-state index is 11.7. The molecule has 2 nitrogen and oxygen atoms in total. The minimum Gasteiger partial charge on any atom is -0.465 e. The van der Waals surface area contributed by atoms with E-state index in [2.05, 4.69) is 0 Å². The number of thiophene rings is 1. The third-order valence-electron chi connectivity index (χ3n) is 2.99. The zero-order valence-corrected chi connectivity index (χ0v) is 10.1. The predicted octanol–water partition coefficient (Wildman–Crippen LogP) is 3.11. The van der Waals surface area contributed by atoms with Crippen LogP contribution in [0.4, 0.5) is 0 Å². The van der Waals surface area contributed by atoms with Gasteiger partial charge in [-0.25, -0.2) is 4.79 Å². The highest BCUT2D eigenvalue weighted by Crippen LogP contribution is 2.33. The molecule has 0 radical (unpaired) electrons. The van der Waals surface area contributed by atoms with Crippen molar-refractivity contribution < 1.29 is 9.53 Å². The quantitative estimate of drug-likeness (QED) is 0.541. The van der Waals surface area contributed by atoms with Crippen molar-refractivity contribution >= 4 is 17.3 Å². The van der Waals surface area contributed by atoms with Crippen molar-refractivity contribution in [3.05, 3.63) is 20.9 Å². The maximum Gasteiger partial charge on any atom is 0.339 e. The van der Waals surface area contributed by atoms with E-state index < -0.39 is 0 Å². The Balaban J connectivity index is 2.44. The SMILES string of the molecule is COC(=O)c1c(C)sc2c1CCCCC2. The van der Waals surface area contributed by atoms with Crippen molar-refractivity contribution in [3.63, 3.8) is 0 Å². The Bertz CT molecular complexity index is 379. The summed E-state index contributed by atoms with van der Waals surface area (Å²) in [5.74, 6) is -0.160. The summed E-state index contributed by atoms with van der Waals surface area (Å²) < 4.78 is 4.85. The molecule has 1 aliphatic carbocycles. The van der Waals surface area contributed by atoms with Gasteiger partial charge in [0, 0.05) is 9.75 Å². The Morgan fingerprint density at radius 3 is 2.73 bits per heavy atom. The molecule has 1 heterocycles. The van der Waals surface area contributed by atoms with Crippen molar-refractivity contribution in [2.75, 3.05) is 7.11 Å². The molecule has 1 aliphatic rings. The Kier molecular flexibility index (Phi) is 3.10. The molecule has 1 aromatic rings. The second kappa shape index (κ2) is 4.35. The van der Waals surface area contributed by atoms with Gasteiger partial charge in [0.15, 0.2) is 0 Å². The third kappa shape index (κ3) is 1.93. The highest BCUT2D eigenvalue weighted by molar-refractivity contribution is 7.12. The van der Waals surface area contributed by atoms with E-state index in [9.17, 15) is 4.79 Å². The lowest BCUT2D eigenvalue weighted by atomic mass is 10.0. The van der Waals surface area contributed by atoms with E-state index in [0.29, 0.717) is 0 Å². The number of hydrogen-bond acceptors (Lipinski definition) is 3. The number of hydrogen-bond donors (Lipinski definition) is 0. The van der Waals surface area contributed by atoms with Crippen LogP contribution in [0.1, 0.15) is 44.9 Å². The van der Waals surface area contributed by atoms with Gasteiger partial charge in [-0.1, -0.05) is 6.42 Å². The summed E-state index contributed by atoms with van der Waals surface area (Å²) in [6.07, 6.45) is 5.92. The van der Waals surface area contributed by atoms with Crippen LogP contribution in [0, 0.1) is 6.92 Å². The predicted molar refractivity (Wildman–Crippen MR) is 61.7 cm³/mol. The molecule has 0 fully saturated rings. The molecule has 2 rings (SSSR count). The van der Waals surface area contributed by atoms with Gasteiger partial charge in [-0.3, -0.25) is 0 Å². The molecule has 3 heteroatoms. The Hall–Kier alpha value is -0.830. The Labute approximate surface area is 94.3 Å². The monoisotopic (exact) mass is 224 g/mol. The molecule has 0 saturated heterocycles. The lowest BCUT2D eigenvalue weighted by Crippen LogP contribution is -2.05. The number of methoxy groups -OCH3 is 1. The second-order valence-corrected chi connectivity index (χ2v) is 5.30. The molecule has 0 N–H and O–H groups in total. The highest BCUT2D eigenvalue weighted by Gasteiger charge is 2.22. The number of ether oxygens (including phenoxy) is 1. The third-order valence-corrected chi connectivity index (χ3v) is 4.19. The van der Waals surface area contributed by atoms with Crippen molar-refractivity contribution in [2.24, 2.45) is 0 Å². The van der Waals surface area contributed by atoms with Crippen molar-refractivity contribution in [2.45, 2.75) is 39.0 Å². The van der Waals surface area contributed by atoms with Gasteiger partial charge >= 0.3 is 5.97 Å². The summed E-state index contributed by atoms with van der Waals surface area (Å²) in [4.78, 5) is 14.2. The van der Waals surface area contributed by atoms with Gasteiger partial charge in [0.1, 0.15) is 0 Å². The normalized spacial score (nSPS) is 15.6. The van der Waals surface area contributed by atoms with Crippen LogP contribution in [0.2, 0.25) is 0 Å². The summed E-state index contributed by atoms with van der Waals surface area (Å²) in [5, 5.41) is 0. The zero-order valence-electron chi connectivity index (χ0n) is 9.26. The highest BCUT2D eigenvalue weighted by atomic mass is 32.1. The fourth-order valence-electron chi connectivity index (χ4n) is 2.25. The average Bonchev–Trinajstić information content (AvgIpc) is 2.40. The first-order valence-electron chi connectivity index (χ1n) is 5.43. The number of fused-ring (bicyclic) bond motifs is 1. The first kappa shape index (κ1) is 10.7. The molecule has 0 saturated carbocycles. The van der Waals surface area contributed by atoms with Crippen molar-refractivity contribution in [1.82, 2.24) is 0 Å². The molecule has 82 valence electrons. The topological polar surface area (TPSA) is 26.3 Å². The van der Waals surface area contributed by atoms with E-state index in [4.69, 9.17) is 4.74 Å². The maximum atomic E-state index is 11.7. The number of carbonyl (C=O) groups excluding carboxylic acids is 1. The van der Waals surface area contributed by atoms with Gasteiger partial charge < -0.3 is 4.74 Å². The van der Waals surface area contributed by atoms with Crippen molar-refractivity contribution in [3.8, 4) is 0 Å². The number of aryl methyl sites for hydroxylation is 2. The van der Waals surface area contributed by atoms with Crippen LogP contribution in [0.25, 0.3) is 0 Å². The van der Waals surface area contributed by atoms with Crippen LogP contribution in [-0.2, 0) is 17.6 Å². The molecule has 1 aromatic heterocycles. The molecule has 0 spiro atoms. The summed E-state index contributed by atoms with van der Waals surface area (Å²) in [6, 6.07) is 0. The fraction of sp³-hybridized carbons (Fsp3) is 0.583. The summed E-state index contributed by atoms with van der Waals surface area (Å²) in [7, 11) is 1.46. The molecular weight excluding hydrogens is 208 g/mol. The molecule has 0 unspecified atom stereocenters. The first-order chi connectivity index (χ1) is 7.24. The molecule has 0 atom stereocenters. The van der Waals surface area contributed by atoms with Gasteiger partial charge in [0.2, 0.25) is 0 Å². The van der Waals surface area contributed by atoms with Gasteiger partial charge in [-0.05, 0) is 38.2 Å². The summed E-state index contributed by atoms with van der Waals surface area (Å²) in [6.45, 7) is 2.02. The first-order valence-corrected chi connectivity index (χ1v) is 6.25. The van der Waals surface area contributed by atoms with Crippen molar-refractivity contribution in [1.29, 1.82) is 0 Å². The van der Waals surface area contributed by atoms with Crippen LogP contribution in [0.5, 0.6) is 0 Å². The van der Waals surface area contributed by atoms with Crippen LogP contribution in [0.3, 0.4) is 0 Å². The smallest absolute Gasteiger partial charge is 0.339 e. The molecular formula is C12H16O2S. The van der Waals surface area contributed by atoms with Crippen LogP contribution in [0.15, 0.2) is 0 Å². The van der Waals surface area contributed by atoms with E-state index in [1.807, 2.05) is 6.92 Å². The van der Waals surface area contributed by atoms with E-state index in [1.54, 1.807) is 11.3 Å². The fourth-order valence-corrected chi connectivity index (χ4v) is 3.50. The molecule has 0 aromatic carbocycles. The lowest BCUT2D eigenvalue weighted by molar-refractivity contribution is 0.0599. The van der Waals surface area contributed by atoms with Gasteiger partial charge in [0.25, 0.3) is 0 Å². The number of carbonyl (C=O) groups is 1. The zero-order chi connectivity index (χ0) is 10.8. The van der Waals surface area contributed by atoms with Gasteiger partial charge in [-0.15, -0.1) is 11.3 Å². The Morgan fingerprint density at radius 1 is 1.27 bits per heavy atom. The standard InChI is InChI=1S/C12H16O2S/c1-8-11(12(13)14-2)9-6-4-3-5-7-10(9)15-8/h3-7H2,1-2H3. The van der Waals surface area contributed by atoms with Crippen LogP contribution >= 0.6 is 11.3 Å². The largest absolute Gasteiger partial charge is 0.465 e. The molecule has 0 amide bonds. The lowest BCUT2D eigenvalue weighted by Gasteiger charge is -2.03. The van der Waals surface area contributed by atoms with Crippen LogP contribution < -0.4 is 0 Å². The summed E-state index contributed by atoms with van der Waals surface area (Å²) >= 11 is 1.77. The number of esters is 1. The van der Waals surface area contributed by atoms with Gasteiger partial charge in [0.05, 0.1) is 12.7 Å². The minimum absolute atomic E-state index is 0.160. The van der Waals surface area contributed by atoms with E-state index >= 15 is 0 Å². The van der Waals surface area contributed by atoms with E-state index in [-0.39, 0.29) is 5.97 Å². The molecule has 0 aliphatic heterocycles.